The third kappa shape index (κ3) is 6.33. The first kappa shape index (κ1) is 31.5. The predicted octanol–water partition coefficient (Wildman–Crippen LogP) is -3.26. The van der Waals surface area contributed by atoms with E-state index in [4.69, 9.17) is 30.0 Å². The average Bonchev–Trinajstić information content (AvgIpc) is 3.57. The van der Waals surface area contributed by atoms with Crippen LogP contribution in [0.25, 0.3) is 11.2 Å². The number of fused-ring (bicyclic) bond motifs is 1. The molecule has 2 aliphatic rings. The predicted molar refractivity (Wildman–Crippen MR) is 137 cm³/mol. The van der Waals surface area contributed by atoms with Gasteiger partial charge in [0.05, 0.1) is 19.5 Å². The van der Waals surface area contributed by atoms with Crippen LogP contribution in [0.3, 0.4) is 0 Å². The van der Waals surface area contributed by atoms with Crippen LogP contribution in [0.4, 0.5) is 11.6 Å². The molecule has 0 radical (unpaired) electrons. The lowest BCUT2D eigenvalue weighted by Gasteiger charge is -2.26. The summed E-state index contributed by atoms with van der Waals surface area (Å²) in [5.41, 5.74) is 10.5. The summed E-state index contributed by atoms with van der Waals surface area (Å²) in [6.45, 7) is -1.83. The number of phosphoric acid groups is 2. The van der Waals surface area contributed by atoms with Gasteiger partial charge in [0.2, 0.25) is 0 Å². The van der Waals surface area contributed by atoms with Crippen LogP contribution in [0, 0.1) is 0 Å². The number of nitrogens with zero attached hydrogens (tertiary/aromatic N) is 6. The molecule has 2 aliphatic heterocycles. The molecule has 43 heavy (non-hydrogen) atoms. The molecule has 1 unspecified atom stereocenters. The van der Waals surface area contributed by atoms with E-state index < -0.39 is 83.6 Å². The van der Waals surface area contributed by atoms with E-state index in [-0.39, 0.29) is 22.8 Å². The first-order valence-electron chi connectivity index (χ1n) is 12.1. The topological polar surface area (TPSA) is 332 Å². The van der Waals surface area contributed by atoms with Gasteiger partial charge < -0.3 is 51.2 Å². The van der Waals surface area contributed by atoms with Gasteiger partial charge in [0, 0.05) is 6.20 Å². The molecular formula is C19H26N8O14P2. The Bertz CT molecular complexity index is 1630. The normalized spacial score (nSPS) is 31.0. The number of aromatic nitrogens is 6. The number of ether oxygens (including phenoxy) is 2. The Kier molecular flexibility index (Phi) is 8.68. The summed E-state index contributed by atoms with van der Waals surface area (Å²) >= 11 is 0. The molecule has 3 aromatic rings. The molecule has 0 aliphatic carbocycles. The molecule has 10 N–H and O–H groups in total. The number of aliphatic hydroxyl groups excluding tert-OH is 4. The molecule has 5 rings (SSSR count). The highest BCUT2D eigenvalue weighted by Gasteiger charge is 2.52. The van der Waals surface area contributed by atoms with Crippen molar-refractivity contribution in [3.05, 3.63) is 35.4 Å². The molecule has 22 nitrogen and oxygen atoms in total. The fourth-order valence-electron chi connectivity index (χ4n) is 4.52. The second kappa shape index (κ2) is 11.9. The highest BCUT2D eigenvalue weighted by Crippen LogP contribution is 2.63. The molecule has 9 atom stereocenters. The van der Waals surface area contributed by atoms with Crippen LogP contribution in [0.15, 0.2) is 29.7 Å². The van der Waals surface area contributed by atoms with Gasteiger partial charge in [0.15, 0.2) is 23.9 Å². The van der Waals surface area contributed by atoms with Gasteiger partial charge in [-0.15, -0.1) is 0 Å². The summed E-state index contributed by atoms with van der Waals surface area (Å²) in [7, 11) is -11.0. The van der Waals surface area contributed by atoms with Crippen LogP contribution in [0.5, 0.6) is 0 Å². The van der Waals surface area contributed by atoms with Crippen LogP contribution < -0.4 is 17.2 Å². The summed E-state index contributed by atoms with van der Waals surface area (Å²) in [4.78, 5) is 46.3. The minimum atomic E-state index is -5.62. The van der Waals surface area contributed by atoms with Crippen molar-refractivity contribution < 1.29 is 62.2 Å². The zero-order valence-electron chi connectivity index (χ0n) is 21.5. The van der Waals surface area contributed by atoms with Gasteiger partial charge in [0.1, 0.15) is 54.3 Å². The standard InChI is InChI=1S/C19H26N8O14P2/c20-9-1-2-26(19(32)25-9)17-12(30)11(29)8(39-17)4-37-43(36,41-42(33,34)35)40-14-7(3-28)38-18(13(14)31)27-6-24-10-15(21)22-5-23-16(10)27/h1-2,5-8,11-14,17-18,28-31H,3-4H2,(H2,20,25,32)(H2,21,22,23)(H2,33,34,35)/t7-,8-,11-,12-,13-,14-,17-,18-,43?/m1/s1. The van der Waals surface area contributed by atoms with Crippen molar-refractivity contribution in [2.75, 3.05) is 24.7 Å². The lowest BCUT2D eigenvalue weighted by molar-refractivity contribution is -0.0608. The Hall–Kier alpha value is -2.95. The second-order valence-corrected chi connectivity index (χ2v) is 12.3. The fraction of sp³-hybridized carbons (Fsp3) is 0.526. The Morgan fingerprint density at radius 3 is 2.35 bits per heavy atom. The molecule has 2 fully saturated rings. The first-order valence-corrected chi connectivity index (χ1v) is 15.1. The van der Waals surface area contributed by atoms with Gasteiger partial charge in [-0.05, 0) is 6.07 Å². The number of phosphoric ester groups is 1. The van der Waals surface area contributed by atoms with Gasteiger partial charge in [-0.2, -0.15) is 9.29 Å². The van der Waals surface area contributed by atoms with Crippen molar-refractivity contribution in [3.63, 3.8) is 0 Å². The largest absolute Gasteiger partial charge is 0.484 e. The summed E-state index contributed by atoms with van der Waals surface area (Å²) in [5, 5.41) is 41.8. The van der Waals surface area contributed by atoms with E-state index in [0.717, 1.165) is 17.1 Å². The number of imidazole rings is 1. The van der Waals surface area contributed by atoms with Crippen molar-refractivity contribution in [1.82, 2.24) is 29.1 Å². The maximum atomic E-state index is 13.5. The van der Waals surface area contributed by atoms with Crippen LogP contribution in [-0.4, -0.2) is 109 Å². The number of anilines is 2. The molecule has 5 heterocycles. The molecule has 236 valence electrons. The molecule has 0 spiro atoms. The van der Waals surface area contributed by atoms with Crippen LogP contribution >= 0.6 is 15.6 Å². The molecule has 0 aromatic carbocycles. The summed E-state index contributed by atoms with van der Waals surface area (Å²) in [6, 6.07) is 1.22. The maximum absolute atomic E-state index is 13.5. The zero-order chi connectivity index (χ0) is 31.3. The van der Waals surface area contributed by atoms with E-state index in [1.807, 2.05) is 0 Å². The van der Waals surface area contributed by atoms with Gasteiger partial charge >= 0.3 is 21.3 Å². The number of hydrogen-bond donors (Lipinski definition) is 8. The molecule has 0 amide bonds. The third-order valence-corrected chi connectivity index (χ3v) is 9.09. The Balaban J connectivity index is 1.36. The van der Waals surface area contributed by atoms with Crippen molar-refractivity contribution >= 4 is 38.4 Å². The van der Waals surface area contributed by atoms with E-state index in [1.165, 1.54) is 17.0 Å². The lowest BCUT2D eigenvalue weighted by atomic mass is 10.1. The minimum Gasteiger partial charge on any atom is -0.394 e. The smallest absolute Gasteiger partial charge is 0.394 e. The Morgan fingerprint density at radius 1 is 0.977 bits per heavy atom. The van der Waals surface area contributed by atoms with Crippen LogP contribution in [-0.2, 0) is 32.0 Å². The Morgan fingerprint density at radius 2 is 1.67 bits per heavy atom. The molecule has 2 saturated heterocycles. The highest BCUT2D eigenvalue weighted by atomic mass is 31.3. The van der Waals surface area contributed by atoms with E-state index in [2.05, 4.69) is 24.2 Å². The maximum Gasteiger partial charge on any atom is 0.484 e. The van der Waals surface area contributed by atoms with E-state index in [9.17, 15) is 44.1 Å². The molecular weight excluding hydrogens is 626 g/mol. The van der Waals surface area contributed by atoms with Crippen molar-refractivity contribution in [1.29, 1.82) is 0 Å². The van der Waals surface area contributed by atoms with E-state index in [0.29, 0.717) is 0 Å². The summed E-state index contributed by atoms with van der Waals surface area (Å²) < 4.78 is 52.8. The van der Waals surface area contributed by atoms with Crippen LogP contribution in [0.2, 0.25) is 0 Å². The van der Waals surface area contributed by atoms with Crippen molar-refractivity contribution in [3.8, 4) is 0 Å². The first-order chi connectivity index (χ1) is 20.2. The summed E-state index contributed by atoms with van der Waals surface area (Å²) in [6.07, 6.45) is -9.61. The molecule has 0 bridgehead atoms. The highest BCUT2D eigenvalue weighted by molar-refractivity contribution is 7.61. The van der Waals surface area contributed by atoms with Crippen LogP contribution in [0.1, 0.15) is 12.5 Å². The van der Waals surface area contributed by atoms with Gasteiger partial charge in [-0.1, -0.05) is 0 Å². The van der Waals surface area contributed by atoms with E-state index in [1.54, 1.807) is 0 Å². The lowest BCUT2D eigenvalue weighted by Crippen LogP contribution is -2.37. The quantitative estimate of drug-likeness (QED) is 0.0996. The van der Waals surface area contributed by atoms with Gasteiger partial charge in [0.25, 0.3) is 0 Å². The van der Waals surface area contributed by atoms with E-state index >= 15 is 0 Å². The van der Waals surface area contributed by atoms with Crippen molar-refractivity contribution in [2.24, 2.45) is 0 Å². The third-order valence-electron chi connectivity index (χ3n) is 6.47. The number of rotatable bonds is 10. The number of nitrogens with two attached hydrogens (primary N) is 2. The Labute approximate surface area is 239 Å². The number of hydrogen-bond acceptors (Lipinski definition) is 18. The SMILES string of the molecule is Nc1ccn([C@@H]2O[C@H](COP(=O)(O[C@H]3[C@@H](O)[C@H](n4cnc5c(N)ncnc54)O[C@@H]3CO)OP(=O)(O)O)[C@@H](O)[C@H]2O)c(=O)n1. The molecule has 0 saturated carbocycles. The van der Waals surface area contributed by atoms with Gasteiger partial charge in [-0.25, -0.2) is 28.9 Å². The minimum absolute atomic E-state index is 0.0110. The number of aliphatic hydroxyl groups is 4. The fourth-order valence-corrected chi connectivity index (χ4v) is 6.85. The van der Waals surface area contributed by atoms with Crippen molar-refractivity contribution in [2.45, 2.75) is 49.1 Å². The zero-order valence-corrected chi connectivity index (χ0v) is 23.3. The molecule has 24 heteroatoms. The monoisotopic (exact) mass is 652 g/mol. The second-order valence-electron chi connectivity index (χ2n) is 9.29. The average molecular weight is 652 g/mol. The number of nitrogen functional groups attached to an aromatic ring is 2. The van der Waals surface area contributed by atoms with Gasteiger partial charge in [-0.3, -0.25) is 18.2 Å². The summed E-state index contributed by atoms with van der Waals surface area (Å²) in [5.74, 6) is -0.112. The molecule has 3 aromatic heterocycles.